The lowest BCUT2D eigenvalue weighted by Gasteiger charge is -2.30. The van der Waals surface area contributed by atoms with Crippen LogP contribution in [-0.4, -0.2) is 39.0 Å². The lowest BCUT2D eigenvalue weighted by molar-refractivity contribution is -0.192. The van der Waals surface area contributed by atoms with Crippen molar-refractivity contribution in [2.45, 2.75) is 39.4 Å². The standard InChI is InChI=1S/C18H20N4.C2HF3O2/c1-3-15-14-11-22(9-8-17(14)21-20-15)18-10-12(2)19-16-7-5-4-6-13(16)18;3-2(4,5)1(6)7/h4-7,10H,3,8-9,11H2,1-2H3,(H,20,21);(H,6,7). The van der Waals surface area contributed by atoms with E-state index in [1.54, 1.807) is 0 Å². The molecule has 0 amide bonds. The molecule has 0 atom stereocenters. The van der Waals surface area contributed by atoms with Crippen molar-refractivity contribution >= 4 is 22.6 Å². The van der Waals surface area contributed by atoms with E-state index in [0.29, 0.717) is 0 Å². The summed E-state index contributed by atoms with van der Waals surface area (Å²) in [7, 11) is 0. The number of aromatic amines is 1. The normalized spacial score (nSPS) is 13.6. The largest absolute Gasteiger partial charge is 0.490 e. The third kappa shape index (κ3) is 4.49. The highest BCUT2D eigenvalue weighted by molar-refractivity contribution is 5.92. The summed E-state index contributed by atoms with van der Waals surface area (Å²) in [6, 6.07) is 10.6. The van der Waals surface area contributed by atoms with Gasteiger partial charge in [0.25, 0.3) is 0 Å². The zero-order valence-corrected chi connectivity index (χ0v) is 16.0. The number of carboxylic acid groups (broad SMARTS) is 1. The number of aryl methyl sites for hydroxylation is 2. The minimum atomic E-state index is -5.08. The highest BCUT2D eigenvalue weighted by Crippen LogP contribution is 2.31. The molecule has 0 unspecified atom stereocenters. The number of nitrogens with one attached hydrogen (secondary N) is 1. The van der Waals surface area contributed by atoms with Crippen LogP contribution in [0.3, 0.4) is 0 Å². The number of aliphatic carboxylic acids is 1. The lowest BCUT2D eigenvalue weighted by Crippen LogP contribution is -2.30. The summed E-state index contributed by atoms with van der Waals surface area (Å²) in [6.45, 7) is 6.19. The molecule has 3 heterocycles. The zero-order valence-electron chi connectivity index (χ0n) is 16.0. The lowest BCUT2D eigenvalue weighted by atomic mass is 10.0. The van der Waals surface area contributed by atoms with E-state index in [0.717, 1.165) is 37.1 Å². The van der Waals surface area contributed by atoms with Gasteiger partial charge in [0.05, 0.1) is 11.2 Å². The molecule has 0 bridgehead atoms. The molecule has 1 aliphatic rings. The first kappa shape index (κ1) is 20.6. The number of hydrogen-bond donors (Lipinski definition) is 2. The van der Waals surface area contributed by atoms with Crippen LogP contribution < -0.4 is 4.90 Å². The number of nitrogens with zero attached hydrogens (tertiary/aromatic N) is 3. The van der Waals surface area contributed by atoms with Gasteiger partial charge in [0.15, 0.2) is 0 Å². The van der Waals surface area contributed by atoms with Crippen LogP contribution in [0.5, 0.6) is 0 Å². The number of pyridine rings is 1. The Hall–Kier alpha value is -3.10. The van der Waals surface area contributed by atoms with Crippen LogP contribution in [0, 0.1) is 6.92 Å². The second kappa shape index (κ2) is 8.10. The molecule has 0 saturated heterocycles. The fraction of sp³-hybridized carbons (Fsp3) is 0.350. The number of fused-ring (bicyclic) bond motifs is 2. The van der Waals surface area contributed by atoms with Crippen LogP contribution in [0.1, 0.15) is 29.6 Å². The first-order valence-corrected chi connectivity index (χ1v) is 9.17. The first-order valence-electron chi connectivity index (χ1n) is 9.17. The maximum absolute atomic E-state index is 10.6. The Balaban J connectivity index is 0.000000298. The smallest absolute Gasteiger partial charge is 0.475 e. The molecule has 3 aromatic rings. The molecule has 9 heteroatoms. The van der Waals surface area contributed by atoms with Crippen molar-refractivity contribution in [1.82, 2.24) is 15.2 Å². The van der Waals surface area contributed by atoms with Gasteiger partial charge in [-0.3, -0.25) is 10.1 Å². The number of benzene rings is 1. The SMILES string of the molecule is CCc1n[nH]c2c1CN(c1cc(C)nc3ccccc13)CC2.O=C(O)C(F)(F)F. The highest BCUT2D eigenvalue weighted by atomic mass is 19.4. The molecule has 154 valence electrons. The van der Waals surface area contributed by atoms with Crippen LogP contribution in [-0.2, 0) is 24.2 Å². The zero-order chi connectivity index (χ0) is 21.2. The van der Waals surface area contributed by atoms with Gasteiger partial charge in [-0.15, -0.1) is 0 Å². The van der Waals surface area contributed by atoms with Crippen LogP contribution in [0.4, 0.5) is 18.9 Å². The van der Waals surface area contributed by atoms with Crippen LogP contribution >= 0.6 is 0 Å². The molecule has 4 rings (SSSR count). The maximum atomic E-state index is 10.6. The molecule has 0 fully saturated rings. The minimum absolute atomic E-state index is 0.933. The number of rotatable bonds is 2. The van der Waals surface area contributed by atoms with E-state index in [9.17, 15) is 13.2 Å². The Morgan fingerprint density at radius 3 is 2.66 bits per heavy atom. The summed E-state index contributed by atoms with van der Waals surface area (Å²) in [6.07, 6.45) is -3.08. The molecule has 2 aromatic heterocycles. The monoisotopic (exact) mass is 406 g/mol. The van der Waals surface area contributed by atoms with Gasteiger partial charge in [0, 0.05) is 47.5 Å². The molecule has 0 spiro atoms. The average Bonchev–Trinajstić information content (AvgIpc) is 3.09. The molecule has 2 N–H and O–H groups in total. The number of anilines is 1. The molecular formula is C20H21F3N4O2. The van der Waals surface area contributed by atoms with Crippen molar-refractivity contribution in [2.24, 2.45) is 0 Å². The van der Waals surface area contributed by atoms with Gasteiger partial charge >= 0.3 is 12.1 Å². The van der Waals surface area contributed by atoms with E-state index in [-0.39, 0.29) is 0 Å². The van der Waals surface area contributed by atoms with E-state index in [1.165, 1.54) is 28.0 Å². The maximum Gasteiger partial charge on any atom is 0.490 e. The molecule has 0 aliphatic carbocycles. The Morgan fingerprint density at radius 2 is 2.00 bits per heavy atom. The van der Waals surface area contributed by atoms with Crippen molar-refractivity contribution in [3.05, 3.63) is 53.0 Å². The number of hydrogen-bond acceptors (Lipinski definition) is 4. The van der Waals surface area contributed by atoms with E-state index >= 15 is 0 Å². The van der Waals surface area contributed by atoms with Crippen molar-refractivity contribution in [3.63, 3.8) is 0 Å². The van der Waals surface area contributed by atoms with Gasteiger partial charge in [-0.2, -0.15) is 18.3 Å². The summed E-state index contributed by atoms with van der Waals surface area (Å²) in [5.41, 5.74) is 7.33. The molecule has 1 aliphatic heterocycles. The quantitative estimate of drug-likeness (QED) is 0.672. The topological polar surface area (TPSA) is 82.1 Å². The summed E-state index contributed by atoms with van der Waals surface area (Å²) in [4.78, 5) is 16.0. The summed E-state index contributed by atoms with van der Waals surface area (Å²) >= 11 is 0. The second-order valence-corrected chi connectivity index (χ2v) is 6.76. The first-order chi connectivity index (χ1) is 13.7. The number of H-pyrrole nitrogens is 1. The Kier molecular flexibility index (Phi) is 5.76. The molecular weight excluding hydrogens is 385 g/mol. The second-order valence-electron chi connectivity index (χ2n) is 6.76. The van der Waals surface area contributed by atoms with Crippen LogP contribution in [0.15, 0.2) is 30.3 Å². The number of aromatic nitrogens is 3. The van der Waals surface area contributed by atoms with Gasteiger partial charge in [0.1, 0.15) is 0 Å². The highest BCUT2D eigenvalue weighted by Gasteiger charge is 2.38. The molecule has 1 aromatic carbocycles. The molecule has 0 radical (unpaired) electrons. The Labute approximate surface area is 165 Å². The van der Waals surface area contributed by atoms with Crippen molar-refractivity contribution in [2.75, 3.05) is 11.4 Å². The Bertz CT molecular complexity index is 1020. The van der Waals surface area contributed by atoms with E-state index in [4.69, 9.17) is 9.90 Å². The van der Waals surface area contributed by atoms with Crippen LogP contribution in [0.25, 0.3) is 10.9 Å². The van der Waals surface area contributed by atoms with Crippen molar-refractivity contribution < 1.29 is 23.1 Å². The van der Waals surface area contributed by atoms with Crippen LogP contribution in [0.2, 0.25) is 0 Å². The molecule has 6 nitrogen and oxygen atoms in total. The number of halogens is 3. The fourth-order valence-corrected chi connectivity index (χ4v) is 3.40. The number of para-hydroxylation sites is 1. The fourth-order valence-electron chi connectivity index (χ4n) is 3.40. The summed E-state index contributed by atoms with van der Waals surface area (Å²) in [5, 5.41) is 16.0. The van der Waals surface area contributed by atoms with Gasteiger partial charge in [-0.25, -0.2) is 4.79 Å². The van der Waals surface area contributed by atoms with Crippen molar-refractivity contribution in [3.8, 4) is 0 Å². The number of carboxylic acids is 1. The summed E-state index contributed by atoms with van der Waals surface area (Å²) < 4.78 is 31.7. The third-order valence-electron chi connectivity index (χ3n) is 4.76. The van der Waals surface area contributed by atoms with Gasteiger partial charge in [-0.1, -0.05) is 25.1 Å². The van der Waals surface area contributed by atoms with Gasteiger partial charge in [-0.05, 0) is 25.5 Å². The van der Waals surface area contributed by atoms with Crippen molar-refractivity contribution in [1.29, 1.82) is 0 Å². The number of alkyl halides is 3. The predicted molar refractivity (Wildman–Crippen MR) is 103 cm³/mol. The van der Waals surface area contributed by atoms with E-state index in [1.807, 2.05) is 0 Å². The molecule has 0 saturated carbocycles. The predicted octanol–water partition coefficient (Wildman–Crippen LogP) is 4.02. The minimum Gasteiger partial charge on any atom is -0.475 e. The number of carbonyl (C=O) groups is 1. The summed E-state index contributed by atoms with van der Waals surface area (Å²) in [5.74, 6) is -2.76. The van der Waals surface area contributed by atoms with E-state index in [2.05, 4.69) is 64.3 Å². The molecule has 29 heavy (non-hydrogen) atoms. The van der Waals surface area contributed by atoms with Gasteiger partial charge in [0.2, 0.25) is 0 Å². The average molecular weight is 406 g/mol. The van der Waals surface area contributed by atoms with Gasteiger partial charge < -0.3 is 10.0 Å². The van der Waals surface area contributed by atoms with E-state index < -0.39 is 12.1 Å². The third-order valence-corrected chi connectivity index (χ3v) is 4.76. The Morgan fingerprint density at radius 1 is 1.31 bits per heavy atom.